The van der Waals surface area contributed by atoms with Gasteiger partial charge in [-0.25, -0.2) is 0 Å². The molecule has 3 atom stereocenters. The number of nitrogens with zero attached hydrogens (tertiary/aromatic N) is 1. The minimum absolute atomic E-state index is 0.206. The van der Waals surface area contributed by atoms with E-state index in [9.17, 15) is 4.79 Å². The Kier molecular flexibility index (Phi) is 3.93. The lowest BCUT2D eigenvalue weighted by Crippen LogP contribution is -2.26. The molecule has 2 rings (SSSR count). The summed E-state index contributed by atoms with van der Waals surface area (Å²) in [5.41, 5.74) is 1.18. The van der Waals surface area contributed by atoms with Gasteiger partial charge in [-0.3, -0.25) is 9.69 Å². The van der Waals surface area contributed by atoms with E-state index in [0.717, 1.165) is 11.6 Å². The lowest BCUT2D eigenvalue weighted by atomic mass is 9.99. The molecule has 0 amide bonds. The van der Waals surface area contributed by atoms with Crippen molar-refractivity contribution >= 4 is 17.6 Å². The summed E-state index contributed by atoms with van der Waals surface area (Å²) in [7, 11) is 0. The molecule has 0 radical (unpaired) electrons. The number of halogens is 1. The van der Waals surface area contributed by atoms with Crippen LogP contribution in [0.3, 0.4) is 0 Å². The topological polar surface area (TPSA) is 40.5 Å². The number of carboxylic acid groups (broad SMARTS) is 1. The van der Waals surface area contributed by atoms with E-state index in [4.69, 9.17) is 16.7 Å². The molecule has 4 heteroatoms. The number of likely N-dealkylation sites (tertiary alicyclic amines) is 1. The van der Waals surface area contributed by atoms with Gasteiger partial charge in [0.2, 0.25) is 0 Å². The van der Waals surface area contributed by atoms with Crippen molar-refractivity contribution in [1.29, 1.82) is 0 Å². The number of carboxylic acids is 1. The van der Waals surface area contributed by atoms with E-state index < -0.39 is 5.97 Å². The highest BCUT2D eigenvalue weighted by Gasteiger charge is 2.36. The maximum atomic E-state index is 11.1. The van der Waals surface area contributed by atoms with Crippen molar-refractivity contribution in [2.75, 3.05) is 13.1 Å². The third-order valence-corrected chi connectivity index (χ3v) is 4.11. The number of benzene rings is 1. The van der Waals surface area contributed by atoms with Crippen molar-refractivity contribution in [3.63, 3.8) is 0 Å². The van der Waals surface area contributed by atoms with Crippen LogP contribution in [-0.2, 0) is 4.79 Å². The molecule has 18 heavy (non-hydrogen) atoms. The zero-order valence-electron chi connectivity index (χ0n) is 10.6. The van der Waals surface area contributed by atoms with Crippen LogP contribution < -0.4 is 0 Å². The first-order valence-corrected chi connectivity index (χ1v) is 6.59. The van der Waals surface area contributed by atoms with Crippen LogP contribution in [0.5, 0.6) is 0 Å². The standard InChI is InChI=1S/C14H18ClNO2/c1-9-7-16(8-13(9)14(17)18)10(2)11-3-5-12(15)6-4-11/h3-6,9-10,13H,7-8H2,1-2H3,(H,17,18)/t9-,10?,13-/m1/s1. The van der Waals surface area contributed by atoms with Gasteiger partial charge in [0.1, 0.15) is 0 Å². The van der Waals surface area contributed by atoms with Crippen LogP contribution in [0.4, 0.5) is 0 Å². The van der Waals surface area contributed by atoms with Crippen molar-refractivity contribution in [2.45, 2.75) is 19.9 Å². The predicted octanol–water partition coefficient (Wildman–Crippen LogP) is 3.05. The second kappa shape index (κ2) is 5.29. The zero-order valence-corrected chi connectivity index (χ0v) is 11.4. The summed E-state index contributed by atoms with van der Waals surface area (Å²) in [6, 6.07) is 8.00. The van der Waals surface area contributed by atoms with Gasteiger partial charge < -0.3 is 5.11 Å². The summed E-state index contributed by atoms with van der Waals surface area (Å²) < 4.78 is 0. The van der Waals surface area contributed by atoms with Gasteiger partial charge in [0.15, 0.2) is 0 Å². The van der Waals surface area contributed by atoms with Crippen LogP contribution in [0, 0.1) is 11.8 Å². The van der Waals surface area contributed by atoms with Crippen LogP contribution >= 0.6 is 11.6 Å². The van der Waals surface area contributed by atoms with Gasteiger partial charge in [0.25, 0.3) is 0 Å². The molecule has 1 aliphatic rings. The fraction of sp³-hybridized carbons (Fsp3) is 0.500. The second-order valence-corrected chi connectivity index (χ2v) is 5.54. The normalized spacial score (nSPS) is 26.2. The molecule has 3 nitrogen and oxygen atoms in total. The van der Waals surface area contributed by atoms with Gasteiger partial charge in [0.05, 0.1) is 5.92 Å². The molecule has 1 fully saturated rings. The molecule has 1 aromatic carbocycles. The molecule has 1 heterocycles. The SMILES string of the molecule is CC(c1ccc(Cl)cc1)N1C[C@@H](C)[C@H](C(=O)O)C1. The van der Waals surface area contributed by atoms with Crippen molar-refractivity contribution < 1.29 is 9.90 Å². The van der Waals surface area contributed by atoms with Crippen LogP contribution in [0.2, 0.25) is 5.02 Å². The molecule has 1 aliphatic heterocycles. The molecular weight excluding hydrogens is 250 g/mol. The van der Waals surface area contributed by atoms with E-state index in [1.807, 2.05) is 31.2 Å². The third-order valence-electron chi connectivity index (χ3n) is 3.86. The maximum absolute atomic E-state index is 11.1. The van der Waals surface area contributed by atoms with Crippen molar-refractivity contribution in [3.05, 3.63) is 34.9 Å². The van der Waals surface area contributed by atoms with Crippen LogP contribution in [-0.4, -0.2) is 29.1 Å². The smallest absolute Gasteiger partial charge is 0.308 e. The van der Waals surface area contributed by atoms with Gasteiger partial charge >= 0.3 is 5.97 Å². The Balaban J connectivity index is 2.09. The number of rotatable bonds is 3. The molecule has 98 valence electrons. The Morgan fingerprint density at radius 3 is 2.50 bits per heavy atom. The number of aliphatic carboxylic acids is 1. The Bertz CT molecular complexity index is 432. The summed E-state index contributed by atoms with van der Waals surface area (Å²) in [6.45, 7) is 5.58. The van der Waals surface area contributed by atoms with Gasteiger partial charge in [-0.1, -0.05) is 30.7 Å². The minimum Gasteiger partial charge on any atom is -0.481 e. The van der Waals surface area contributed by atoms with Crippen molar-refractivity contribution in [3.8, 4) is 0 Å². The minimum atomic E-state index is -0.687. The summed E-state index contributed by atoms with van der Waals surface area (Å²) >= 11 is 5.87. The lowest BCUT2D eigenvalue weighted by Gasteiger charge is -2.24. The summed E-state index contributed by atoms with van der Waals surface area (Å²) in [5, 5.41) is 9.87. The first-order valence-electron chi connectivity index (χ1n) is 6.21. The molecular formula is C14H18ClNO2. The first kappa shape index (κ1) is 13.4. The highest BCUT2D eigenvalue weighted by atomic mass is 35.5. The van der Waals surface area contributed by atoms with E-state index >= 15 is 0 Å². The summed E-state index contributed by atoms with van der Waals surface area (Å²) in [5.74, 6) is -0.731. The van der Waals surface area contributed by atoms with Crippen molar-refractivity contribution in [1.82, 2.24) is 4.90 Å². The second-order valence-electron chi connectivity index (χ2n) is 5.10. The Hall–Kier alpha value is -1.06. The largest absolute Gasteiger partial charge is 0.481 e. The Labute approximate surface area is 112 Å². The van der Waals surface area contributed by atoms with Gasteiger partial charge in [-0.2, -0.15) is 0 Å². The fourth-order valence-corrected chi connectivity index (χ4v) is 2.72. The van der Waals surface area contributed by atoms with E-state index in [-0.39, 0.29) is 17.9 Å². The molecule has 1 saturated heterocycles. The fourth-order valence-electron chi connectivity index (χ4n) is 2.59. The van der Waals surface area contributed by atoms with Crippen molar-refractivity contribution in [2.24, 2.45) is 11.8 Å². The molecule has 0 aliphatic carbocycles. The summed E-state index contributed by atoms with van der Waals surface area (Å²) in [4.78, 5) is 13.3. The molecule has 0 saturated carbocycles. The van der Waals surface area contributed by atoms with Gasteiger partial charge in [0, 0.05) is 24.2 Å². The molecule has 0 spiro atoms. The summed E-state index contributed by atoms with van der Waals surface area (Å²) in [6.07, 6.45) is 0. The van der Waals surface area contributed by atoms with Crippen LogP contribution in [0.25, 0.3) is 0 Å². The van der Waals surface area contributed by atoms with E-state index in [2.05, 4.69) is 11.8 Å². The van der Waals surface area contributed by atoms with E-state index in [1.165, 1.54) is 5.56 Å². The average Bonchev–Trinajstić information content (AvgIpc) is 2.71. The van der Waals surface area contributed by atoms with Crippen LogP contribution in [0.15, 0.2) is 24.3 Å². The number of carbonyl (C=O) groups is 1. The quantitative estimate of drug-likeness (QED) is 0.915. The van der Waals surface area contributed by atoms with Gasteiger partial charge in [-0.05, 0) is 30.5 Å². The molecule has 0 bridgehead atoms. The molecule has 0 aromatic heterocycles. The highest BCUT2D eigenvalue weighted by Crippen LogP contribution is 2.31. The highest BCUT2D eigenvalue weighted by molar-refractivity contribution is 6.30. The molecule has 1 unspecified atom stereocenters. The third kappa shape index (κ3) is 2.68. The lowest BCUT2D eigenvalue weighted by molar-refractivity contribution is -0.142. The number of hydrogen-bond acceptors (Lipinski definition) is 2. The van der Waals surface area contributed by atoms with E-state index in [1.54, 1.807) is 0 Å². The zero-order chi connectivity index (χ0) is 13.3. The van der Waals surface area contributed by atoms with Gasteiger partial charge in [-0.15, -0.1) is 0 Å². The predicted molar refractivity (Wildman–Crippen MR) is 71.7 cm³/mol. The van der Waals surface area contributed by atoms with Crippen LogP contribution in [0.1, 0.15) is 25.5 Å². The number of hydrogen-bond donors (Lipinski definition) is 1. The molecule has 1 aromatic rings. The Morgan fingerprint density at radius 2 is 2.00 bits per heavy atom. The van der Waals surface area contributed by atoms with E-state index in [0.29, 0.717) is 6.54 Å². The molecule has 1 N–H and O–H groups in total. The first-order chi connectivity index (χ1) is 8.49. The monoisotopic (exact) mass is 267 g/mol. The maximum Gasteiger partial charge on any atom is 0.308 e. The Morgan fingerprint density at radius 1 is 1.39 bits per heavy atom. The average molecular weight is 268 g/mol.